The summed E-state index contributed by atoms with van der Waals surface area (Å²) in [5, 5.41) is 9.91. The minimum atomic E-state index is -0.627. The van der Waals surface area contributed by atoms with E-state index in [2.05, 4.69) is 0 Å². The molecule has 16 heavy (non-hydrogen) atoms. The van der Waals surface area contributed by atoms with E-state index in [1.807, 2.05) is 13.8 Å². The molecule has 0 amide bonds. The minimum absolute atomic E-state index is 0.226. The first-order valence-corrected chi connectivity index (χ1v) is 5.73. The molecule has 0 bridgehead atoms. The van der Waals surface area contributed by atoms with E-state index >= 15 is 0 Å². The molecule has 3 aliphatic rings. The van der Waals surface area contributed by atoms with E-state index < -0.39 is 23.8 Å². The van der Waals surface area contributed by atoms with Crippen molar-refractivity contribution in [3.05, 3.63) is 0 Å². The van der Waals surface area contributed by atoms with Gasteiger partial charge < -0.3 is 24.1 Å². The van der Waals surface area contributed by atoms with Crippen molar-refractivity contribution in [1.82, 2.24) is 0 Å². The number of hydrogen-bond donors (Lipinski definition) is 1. The lowest BCUT2D eigenvalue weighted by Crippen LogP contribution is -2.59. The summed E-state index contributed by atoms with van der Waals surface area (Å²) in [4.78, 5) is 0. The van der Waals surface area contributed by atoms with Crippen molar-refractivity contribution in [2.45, 2.75) is 62.7 Å². The Balaban J connectivity index is 1.89. The number of fused-ring (bicyclic) bond motifs is 2. The highest BCUT2D eigenvalue weighted by atomic mass is 16.8. The first kappa shape index (κ1) is 10.9. The fourth-order valence-corrected chi connectivity index (χ4v) is 2.93. The smallest absolute Gasteiger partial charge is 0.187 e. The van der Waals surface area contributed by atoms with Gasteiger partial charge in [0.25, 0.3) is 0 Å². The molecule has 0 aromatic carbocycles. The zero-order chi connectivity index (χ0) is 11.6. The van der Waals surface area contributed by atoms with Gasteiger partial charge in [0.15, 0.2) is 12.1 Å². The first-order valence-electron chi connectivity index (χ1n) is 5.73. The molecule has 1 saturated carbocycles. The maximum Gasteiger partial charge on any atom is 0.187 e. The van der Waals surface area contributed by atoms with Crippen LogP contribution in [-0.4, -0.2) is 48.2 Å². The molecule has 0 aromatic heterocycles. The quantitative estimate of drug-likeness (QED) is 0.706. The van der Waals surface area contributed by atoms with Crippen LogP contribution >= 0.6 is 0 Å². The molecule has 5 heteroatoms. The van der Waals surface area contributed by atoms with Gasteiger partial charge in [-0.05, 0) is 26.7 Å². The summed E-state index contributed by atoms with van der Waals surface area (Å²) in [6.45, 7) is 3.74. The van der Waals surface area contributed by atoms with Crippen LogP contribution in [0.2, 0.25) is 0 Å². The van der Waals surface area contributed by atoms with Gasteiger partial charge in [-0.25, -0.2) is 0 Å². The Morgan fingerprint density at radius 3 is 2.50 bits per heavy atom. The molecule has 2 aliphatic heterocycles. The van der Waals surface area contributed by atoms with Gasteiger partial charge in [-0.3, -0.25) is 0 Å². The van der Waals surface area contributed by atoms with Gasteiger partial charge in [0.1, 0.15) is 17.8 Å². The number of hydrogen-bond acceptors (Lipinski definition) is 5. The molecule has 1 N–H and O–H groups in total. The van der Waals surface area contributed by atoms with Gasteiger partial charge in [0.2, 0.25) is 0 Å². The highest BCUT2D eigenvalue weighted by Crippen LogP contribution is 2.52. The Bertz CT molecular complexity index is 305. The van der Waals surface area contributed by atoms with Gasteiger partial charge in [0, 0.05) is 7.11 Å². The van der Waals surface area contributed by atoms with Crippen molar-refractivity contribution in [3.8, 4) is 0 Å². The van der Waals surface area contributed by atoms with E-state index in [-0.39, 0.29) is 12.2 Å². The Morgan fingerprint density at radius 2 is 2.00 bits per heavy atom. The number of aliphatic hydroxyl groups excluding tert-OH is 1. The second-order valence-corrected chi connectivity index (χ2v) is 5.25. The summed E-state index contributed by atoms with van der Waals surface area (Å²) in [5.74, 6) is -0.627. The average Bonchev–Trinajstić information content (AvgIpc) is 2.68. The van der Waals surface area contributed by atoms with E-state index in [0.717, 1.165) is 12.8 Å². The molecule has 3 unspecified atom stereocenters. The summed E-state index contributed by atoms with van der Waals surface area (Å²) in [5.41, 5.74) is -0.612. The Morgan fingerprint density at radius 1 is 1.25 bits per heavy atom. The molecule has 3 fully saturated rings. The van der Waals surface area contributed by atoms with Crippen LogP contribution < -0.4 is 0 Å². The van der Waals surface area contributed by atoms with Crippen LogP contribution in [-0.2, 0) is 18.9 Å². The molecule has 5 atom stereocenters. The zero-order valence-corrected chi connectivity index (χ0v) is 9.80. The summed E-state index contributed by atoms with van der Waals surface area (Å²) in [7, 11) is 1.58. The minimum Gasteiger partial charge on any atom is -0.390 e. The second kappa shape index (κ2) is 3.17. The zero-order valence-electron chi connectivity index (χ0n) is 9.80. The molecule has 5 nitrogen and oxygen atoms in total. The fourth-order valence-electron chi connectivity index (χ4n) is 2.93. The van der Waals surface area contributed by atoms with Gasteiger partial charge in [-0.15, -0.1) is 0 Å². The second-order valence-electron chi connectivity index (χ2n) is 5.25. The third-order valence-corrected chi connectivity index (χ3v) is 3.82. The van der Waals surface area contributed by atoms with Gasteiger partial charge >= 0.3 is 0 Å². The topological polar surface area (TPSA) is 57.2 Å². The summed E-state index contributed by atoms with van der Waals surface area (Å²) < 4.78 is 22.7. The molecule has 1 spiro atoms. The molecule has 0 aromatic rings. The van der Waals surface area contributed by atoms with Crippen molar-refractivity contribution in [3.63, 3.8) is 0 Å². The molecule has 92 valence electrons. The molecular formula is C11H18O5. The standard InChI is InChI=1S/C11H18O5/c1-10(2)14-7-8(15-10)11(5-4-6(11)12)16-9(7)13-3/h6-9,12H,4-5H2,1-3H3/t6-,7?,8?,9?,11+/m0/s1. The first-order chi connectivity index (χ1) is 7.48. The van der Waals surface area contributed by atoms with Gasteiger partial charge in [-0.2, -0.15) is 0 Å². The summed E-state index contributed by atoms with van der Waals surface area (Å²) >= 11 is 0. The summed E-state index contributed by atoms with van der Waals surface area (Å²) in [6, 6.07) is 0. The molecule has 2 saturated heterocycles. The van der Waals surface area contributed by atoms with Crippen molar-refractivity contribution in [1.29, 1.82) is 0 Å². The molecule has 2 heterocycles. The lowest BCUT2D eigenvalue weighted by atomic mass is 9.73. The van der Waals surface area contributed by atoms with E-state index in [9.17, 15) is 5.11 Å². The normalized spacial score (nSPS) is 54.0. The van der Waals surface area contributed by atoms with Crippen LogP contribution in [0.4, 0.5) is 0 Å². The van der Waals surface area contributed by atoms with Crippen LogP contribution in [0.1, 0.15) is 26.7 Å². The van der Waals surface area contributed by atoms with Gasteiger partial charge in [-0.1, -0.05) is 0 Å². The van der Waals surface area contributed by atoms with E-state index in [1.165, 1.54) is 0 Å². The Kier molecular flexibility index (Phi) is 2.17. The highest BCUT2D eigenvalue weighted by Gasteiger charge is 2.68. The lowest BCUT2D eigenvalue weighted by molar-refractivity contribution is -0.289. The predicted molar refractivity (Wildman–Crippen MR) is 53.7 cm³/mol. The van der Waals surface area contributed by atoms with Crippen LogP contribution in [0, 0.1) is 0 Å². The largest absolute Gasteiger partial charge is 0.390 e. The number of ether oxygens (including phenoxy) is 4. The maximum atomic E-state index is 9.91. The number of methoxy groups -OCH3 is 1. The number of rotatable bonds is 1. The molecule has 1 aliphatic carbocycles. The van der Waals surface area contributed by atoms with Crippen LogP contribution in [0.5, 0.6) is 0 Å². The van der Waals surface area contributed by atoms with Gasteiger partial charge in [0.05, 0.1) is 6.10 Å². The SMILES string of the molecule is COC1O[C@@]2(CC[C@@H]2O)C2OC(C)(C)OC12. The predicted octanol–water partition coefficient (Wildman–Crippen LogP) is 0.403. The van der Waals surface area contributed by atoms with Crippen molar-refractivity contribution in [2.75, 3.05) is 7.11 Å². The van der Waals surface area contributed by atoms with E-state index in [0.29, 0.717) is 0 Å². The third kappa shape index (κ3) is 1.23. The Hall–Kier alpha value is -0.200. The molecule has 3 rings (SSSR count). The highest BCUT2D eigenvalue weighted by molar-refractivity contribution is 5.13. The average molecular weight is 230 g/mol. The number of aliphatic hydroxyl groups is 1. The summed E-state index contributed by atoms with van der Waals surface area (Å²) in [6.07, 6.45) is 0.170. The third-order valence-electron chi connectivity index (χ3n) is 3.82. The van der Waals surface area contributed by atoms with Crippen LogP contribution in [0.15, 0.2) is 0 Å². The van der Waals surface area contributed by atoms with E-state index in [1.54, 1.807) is 7.11 Å². The van der Waals surface area contributed by atoms with Crippen LogP contribution in [0.3, 0.4) is 0 Å². The monoisotopic (exact) mass is 230 g/mol. The van der Waals surface area contributed by atoms with Crippen molar-refractivity contribution in [2.24, 2.45) is 0 Å². The Labute approximate surface area is 94.6 Å². The lowest BCUT2D eigenvalue weighted by Gasteiger charge is -2.45. The van der Waals surface area contributed by atoms with Crippen molar-refractivity contribution < 1.29 is 24.1 Å². The fraction of sp³-hybridized carbons (Fsp3) is 1.00. The maximum absolute atomic E-state index is 9.91. The van der Waals surface area contributed by atoms with E-state index in [4.69, 9.17) is 18.9 Å². The molecular weight excluding hydrogens is 212 g/mol. The molecule has 0 radical (unpaired) electrons. The van der Waals surface area contributed by atoms with Crippen molar-refractivity contribution >= 4 is 0 Å². The van der Waals surface area contributed by atoms with Crippen LogP contribution in [0.25, 0.3) is 0 Å².